The molecule has 1 atom stereocenters. The van der Waals surface area contributed by atoms with E-state index in [0.29, 0.717) is 19.4 Å². The molecule has 114 valence electrons. The van der Waals surface area contributed by atoms with Gasteiger partial charge in [0.15, 0.2) is 0 Å². The van der Waals surface area contributed by atoms with Gasteiger partial charge in [0.2, 0.25) is 0 Å². The predicted molar refractivity (Wildman–Crippen MR) is 72.5 cm³/mol. The molecule has 4 nitrogen and oxygen atoms in total. The van der Waals surface area contributed by atoms with Crippen LogP contribution >= 0.6 is 0 Å². The van der Waals surface area contributed by atoms with Crippen LogP contribution in [0.1, 0.15) is 23.9 Å². The first-order valence-electron chi connectivity index (χ1n) is 6.68. The van der Waals surface area contributed by atoms with Gasteiger partial charge in [0.05, 0.1) is 5.56 Å². The standard InChI is InChI=1S/C14H17F3N4/c1-2-21-13(19-9-20-21)8-12(18)7-10-3-5-11(6-4-10)14(15,16)17/h3-6,9,12H,2,7-8,18H2,1H3. The molecular formula is C14H17F3N4. The van der Waals surface area contributed by atoms with Crippen LogP contribution in [0.15, 0.2) is 30.6 Å². The summed E-state index contributed by atoms with van der Waals surface area (Å²) in [4.78, 5) is 4.14. The summed E-state index contributed by atoms with van der Waals surface area (Å²) in [5, 5.41) is 4.06. The van der Waals surface area contributed by atoms with E-state index >= 15 is 0 Å². The van der Waals surface area contributed by atoms with Gasteiger partial charge < -0.3 is 5.73 Å². The van der Waals surface area contributed by atoms with Gasteiger partial charge in [-0.05, 0) is 31.0 Å². The van der Waals surface area contributed by atoms with Crippen LogP contribution in [0.5, 0.6) is 0 Å². The van der Waals surface area contributed by atoms with Crippen LogP contribution in [0.25, 0.3) is 0 Å². The summed E-state index contributed by atoms with van der Waals surface area (Å²) in [6.45, 7) is 2.67. The van der Waals surface area contributed by atoms with Crippen molar-refractivity contribution >= 4 is 0 Å². The molecule has 1 aromatic heterocycles. The number of aromatic nitrogens is 3. The molecule has 0 aliphatic carbocycles. The largest absolute Gasteiger partial charge is 0.416 e. The van der Waals surface area contributed by atoms with Crippen molar-refractivity contribution in [1.82, 2.24) is 14.8 Å². The Bertz CT molecular complexity index is 575. The van der Waals surface area contributed by atoms with Gasteiger partial charge in [0.25, 0.3) is 0 Å². The number of nitrogens with two attached hydrogens (primary N) is 1. The van der Waals surface area contributed by atoms with Gasteiger partial charge in [-0.1, -0.05) is 12.1 Å². The molecule has 0 amide bonds. The molecule has 0 saturated carbocycles. The van der Waals surface area contributed by atoms with Crippen LogP contribution in [0.4, 0.5) is 13.2 Å². The molecule has 0 aliphatic heterocycles. The molecule has 0 fully saturated rings. The first-order valence-corrected chi connectivity index (χ1v) is 6.68. The Morgan fingerprint density at radius 1 is 1.19 bits per heavy atom. The fraction of sp³-hybridized carbons (Fsp3) is 0.429. The normalized spacial score (nSPS) is 13.4. The topological polar surface area (TPSA) is 56.7 Å². The maximum absolute atomic E-state index is 12.5. The van der Waals surface area contributed by atoms with Gasteiger partial charge in [-0.15, -0.1) is 0 Å². The molecule has 0 radical (unpaired) electrons. The van der Waals surface area contributed by atoms with E-state index in [1.165, 1.54) is 18.5 Å². The number of aryl methyl sites for hydroxylation is 1. The lowest BCUT2D eigenvalue weighted by Crippen LogP contribution is -2.27. The second-order valence-electron chi connectivity index (χ2n) is 4.86. The fourth-order valence-corrected chi connectivity index (χ4v) is 2.15. The van der Waals surface area contributed by atoms with E-state index in [2.05, 4.69) is 10.1 Å². The van der Waals surface area contributed by atoms with Crippen molar-refractivity contribution in [3.05, 3.63) is 47.5 Å². The van der Waals surface area contributed by atoms with E-state index < -0.39 is 11.7 Å². The van der Waals surface area contributed by atoms with Gasteiger partial charge in [-0.25, -0.2) is 4.98 Å². The zero-order valence-electron chi connectivity index (χ0n) is 11.6. The number of rotatable bonds is 5. The van der Waals surface area contributed by atoms with Crippen LogP contribution in [0.2, 0.25) is 0 Å². The smallest absolute Gasteiger partial charge is 0.327 e. The highest BCUT2D eigenvalue weighted by Gasteiger charge is 2.29. The number of halogens is 3. The summed E-state index contributed by atoms with van der Waals surface area (Å²) < 4.78 is 39.2. The first-order chi connectivity index (χ1) is 9.90. The number of nitrogens with zero attached hydrogens (tertiary/aromatic N) is 3. The Morgan fingerprint density at radius 2 is 1.86 bits per heavy atom. The molecule has 1 aromatic carbocycles. The van der Waals surface area contributed by atoms with E-state index in [-0.39, 0.29) is 6.04 Å². The zero-order valence-corrected chi connectivity index (χ0v) is 11.6. The minimum absolute atomic E-state index is 0.212. The minimum Gasteiger partial charge on any atom is -0.327 e. The predicted octanol–water partition coefficient (Wildman–Crippen LogP) is 2.43. The quantitative estimate of drug-likeness (QED) is 0.922. The van der Waals surface area contributed by atoms with Gasteiger partial charge in [-0.2, -0.15) is 18.3 Å². The van der Waals surface area contributed by atoms with E-state index in [4.69, 9.17) is 5.73 Å². The Hall–Kier alpha value is -1.89. The van der Waals surface area contributed by atoms with Crippen molar-refractivity contribution in [2.75, 3.05) is 0 Å². The molecule has 1 unspecified atom stereocenters. The third-order valence-electron chi connectivity index (χ3n) is 3.22. The van der Waals surface area contributed by atoms with Gasteiger partial charge in [0.1, 0.15) is 12.2 Å². The third kappa shape index (κ3) is 4.04. The van der Waals surface area contributed by atoms with Crippen molar-refractivity contribution in [2.45, 2.75) is 38.5 Å². The monoisotopic (exact) mass is 298 g/mol. The lowest BCUT2D eigenvalue weighted by Gasteiger charge is -2.13. The SMILES string of the molecule is CCn1ncnc1CC(N)Cc1ccc(C(F)(F)F)cc1. The van der Waals surface area contributed by atoms with Crippen molar-refractivity contribution < 1.29 is 13.2 Å². The molecule has 2 aromatic rings. The molecule has 0 aliphatic rings. The van der Waals surface area contributed by atoms with Gasteiger partial charge in [0, 0.05) is 19.0 Å². The first kappa shape index (κ1) is 15.5. The zero-order chi connectivity index (χ0) is 15.5. The Morgan fingerprint density at radius 3 is 2.43 bits per heavy atom. The molecule has 2 rings (SSSR count). The Kier molecular flexibility index (Phi) is 4.62. The molecule has 0 bridgehead atoms. The van der Waals surface area contributed by atoms with Crippen LogP contribution in [-0.2, 0) is 25.6 Å². The Balaban J connectivity index is 1.98. The van der Waals surface area contributed by atoms with Crippen molar-refractivity contribution in [3.63, 3.8) is 0 Å². The lowest BCUT2D eigenvalue weighted by molar-refractivity contribution is -0.137. The van der Waals surface area contributed by atoms with Crippen LogP contribution in [-0.4, -0.2) is 20.8 Å². The van der Waals surface area contributed by atoms with Crippen molar-refractivity contribution in [1.29, 1.82) is 0 Å². The molecule has 7 heteroatoms. The van der Waals surface area contributed by atoms with Crippen LogP contribution in [0, 0.1) is 0 Å². The summed E-state index contributed by atoms with van der Waals surface area (Å²) in [6.07, 6.45) is -1.80. The molecule has 1 heterocycles. The molecule has 0 spiro atoms. The van der Waals surface area contributed by atoms with Gasteiger partial charge in [-0.3, -0.25) is 4.68 Å². The minimum atomic E-state index is -4.31. The summed E-state index contributed by atoms with van der Waals surface area (Å²) >= 11 is 0. The summed E-state index contributed by atoms with van der Waals surface area (Å²) in [5.41, 5.74) is 6.17. The van der Waals surface area contributed by atoms with Crippen LogP contribution in [0.3, 0.4) is 0 Å². The summed E-state index contributed by atoms with van der Waals surface area (Å²) in [5.74, 6) is 0.789. The Labute approximate surface area is 120 Å². The van der Waals surface area contributed by atoms with E-state index in [9.17, 15) is 13.2 Å². The average Bonchev–Trinajstić information content (AvgIpc) is 2.85. The number of alkyl halides is 3. The number of benzene rings is 1. The lowest BCUT2D eigenvalue weighted by atomic mass is 10.0. The maximum Gasteiger partial charge on any atom is 0.416 e. The molecule has 21 heavy (non-hydrogen) atoms. The van der Waals surface area contributed by atoms with E-state index in [1.807, 2.05) is 6.92 Å². The van der Waals surface area contributed by atoms with Crippen molar-refractivity contribution in [2.24, 2.45) is 5.73 Å². The highest BCUT2D eigenvalue weighted by molar-refractivity contribution is 5.25. The molecule has 2 N–H and O–H groups in total. The van der Waals surface area contributed by atoms with Crippen LogP contribution < -0.4 is 5.73 Å². The summed E-state index contributed by atoms with van der Waals surface area (Å²) in [6, 6.07) is 4.88. The number of hydrogen-bond donors (Lipinski definition) is 1. The summed E-state index contributed by atoms with van der Waals surface area (Å²) in [7, 11) is 0. The second-order valence-corrected chi connectivity index (χ2v) is 4.86. The van der Waals surface area contributed by atoms with Crippen molar-refractivity contribution in [3.8, 4) is 0 Å². The average molecular weight is 298 g/mol. The maximum atomic E-state index is 12.5. The van der Waals surface area contributed by atoms with Gasteiger partial charge >= 0.3 is 6.18 Å². The third-order valence-corrected chi connectivity index (χ3v) is 3.22. The second kappa shape index (κ2) is 6.26. The van der Waals surface area contributed by atoms with E-state index in [1.54, 1.807) is 4.68 Å². The highest BCUT2D eigenvalue weighted by Crippen LogP contribution is 2.29. The number of hydrogen-bond acceptors (Lipinski definition) is 3. The van der Waals surface area contributed by atoms with E-state index in [0.717, 1.165) is 23.5 Å². The highest BCUT2D eigenvalue weighted by atomic mass is 19.4. The molecular weight excluding hydrogens is 281 g/mol. The molecule has 0 saturated heterocycles. The fourth-order valence-electron chi connectivity index (χ4n) is 2.15.